The minimum Gasteiger partial charge on any atom is -0.345 e. The number of pyridine rings is 1. The van der Waals surface area contributed by atoms with Crippen molar-refractivity contribution in [1.29, 1.82) is 0 Å². The first kappa shape index (κ1) is 15.8. The second kappa shape index (κ2) is 7.43. The van der Waals surface area contributed by atoms with Gasteiger partial charge in [-0.3, -0.25) is 4.79 Å². The lowest BCUT2D eigenvalue weighted by Gasteiger charge is -2.18. The quantitative estimate of drug-likeness (QED) is 0.813. The molecule has 0 aliphatic rings. The van der Waals surface area contributed by atoms with Crippen LogP contribution < -0.4 is 5.32 Å². The van der Waals surface area contributed by atoms with Gasteiger partial charge in [0.15, 0.2) is 0 Å². The first-order valence-electron chi connectivity index (χ1n) is 6.78. The van der Waals surface area contributed by atoms with Crippen molar-refractivity contribution in [3.8, 4) is 0 Å². The van der Waals surface area contributed by atoms with Crippen LogP contribution in [-0.2, 0) is 0 Å². The molecule has 5 heteroatoms. The predicted octanol–water partition coefficient (Wildman–Crippen LogP) is 4.66. The highest BCUT2D eigenvalue weighted by atomic mass is 35.5. The maximum absolute atomic E-state index is 12.3. The number of carbonyl (C=O) groups excluding carboxylic acids is 1. The van der Waals surface area contributed by atoms with Crippen LogP contribution in [0.3, 0.4) is 0 Å². The number of hydrogen-bond donors (Lipinski definition) is 1. The van der Waals surface area contributed by atoms with E-state index in [2.05, 4.69) is 17.2 Å². The van der Waals surface area contributed by atoms with Gasteiger partial charge in [0.05, 0.1) is 16.6 Å². The molecule has 1 aromatic carbocycles. The summed E-state index contributed by atoms with van der Waals surface area (Å²) in [5, 5.41) is 3.49. The van der Waals surface area contributed by atoms with Crippen LogP contribution in [-0.4, -0.2) is 10.9 Å². The van der Waals surface area contributed by atoms with Crippen LogP contribution in [0, 0.1) is 0 Å². The molecule has 1 amide bonds. The highest BCUT2D eigenvalue weighted by Crippen LogP contribution is 2.22. The number of halogens is 2. The molecule has 110 valence electrons. The summed E-state index contributed by atoms with van der Waals surface area (Å²) >= 11 is 11.7. The van der Waals surface area contributed by atoms with E-state index in [1.165, 1.54) is 12.3 Å². The Morgan fingerprint density at radius 1 is 1.29 bits per heavy atom. The van der Waals surface area contributed by atoms with Crippen molar-refractivity contribution in [2.75, 3.05) is 0 Å². The van der Waals surface area contributed by atoms with Crippen LogP contribution in [0.15, 0.2) is 42.6 Å². The van der Waals surface area contributed by atoms with Crippen molar-refractivity contribution in [1.82, 2.24) is 10.3 Å². The molecule has 0 aliphatic carbocycles. The van der Waals surface area contributed by atoms with E-state index in [1.807, 2.05) is 30.3 Å². The Balaban J connectivity index is 2.16. The molecule has 0 spiro atoms. The molecule has 21 heavy (non-hydrogen) atoms. The summed E-state index contributed by atoms with van der Waals surface area (Å²) in [4.78, 5) is 16.2. The topological polar surface area (TPSA) is 42.0 Å². The number of nitrogens with one attached hydrogen (secondary N) is 1. The molecule has 0 bridgehead atoms. The smallest absolute Gasteiger partial charge is 0.253 e. The third kappa shape index (κ3) is 4.19. The lowest BCUT2D eigenvalue weighted by Crippen LogP contribution is -2.28. The highest BCUT2D eigenvalue weighted by Gasteiger charge is 2.16. The van der Waals surface area contributed by atoms with Gasteiger partial charge < -0.3 is 5.32 Å². The number of nitrogens with zero attached hydrogens (tertiary/aromatic N) is 1. The Labute approximate surface area is 134 Å². The summed E-state index contributed by atoms with van der Waals surface area (Å²) in [5.41, 5.74) is 1.49. The van der Waals surface area contributed by atoms with E-state index >= 15 is 0 Å². The summed E-state index contributed by atoms with van der Waals surface area (Å²) in [6.45, 7) is 2.09. The average molecular weight is 323 g/mol. The molecule has 0 aliphatic heterocycles. The molecule has 1 heterocycles. The van der Waals surface area contributed by atoms with Crippen molar-refractivity contribution in [2.45, 2.75) is 25.8 Å². The van der Waals surface area contributed by atoms with E-state index in [-0.39, 0.29) is 22.1 Å². The molecule has 0 fully saturated rings. The van der Waals surface area contributed by atoms with Crippen LogP contribution in [0.5, 0.6) is 0 Å². The summed E-state index contributed by atoms with van der Waals surface area (Å²) in [5.74, 6) is -0.205. The molecule has 0 radical (unpaired) electrons. The molecule has 2 aromatic rings. The molecule has 0 saturated carbocycles. The number of hydrogen-bond acceptors (Lipinski definition) is 2. The van der Waals surface area contributed by atoms with Gasteiger partial charge >= 0.3 is 0 Å². The third-order valence-electron chi connectivity index (χ3n) is 3.14. The van der Waals surface area contributed by atoms with Crippen LogP contribution in [0.4, 0.5) is 0 Å². The molecular formula is C16H16Cl2N2O. The average Bonchev–Trinajstić information content (AvgIpc) is 2.50. The maximum atomic E-state index is 12.3. The van der Waals surface area contributed by atoms with Gasteiger partial charge in [-0.25, -0.2) is 4.98 Å². The monoisotopic (exact) mass is 322 g/mol. The van der Waals surface area contributed by atoms with E-state index in [1.54, 1.807) is 0 Å². The Morgan fingerprint density at radius 3 is 2.62 bits per heavy atom. The molecule has 1 atom stereocenters. The Kier molecular flexibility index (Phi) is 5.59. The van der Waals surface area contributed by atoms with E-state index in [9.17, 15) is 4.79 Å². The largest absolute Gasteiger partial charge is 0.345 e. The summed E-state index contributed by atoms with van der Waals surface area (Å²) in [6.07, 6.45) is 3.27. The standard InChI is InChI=1S/C16H16Cl2N2O/c1-2-6-14(11-7-4-3-5-8-11)20-16(21)12-9-13(17)15(18)19-10-12/h3-5,7-10,14H,2,6H2,1H3,(H,20,21). The van der Waals surface area contributed by atoms with Gasteiger partial charge in [0, 0.05) is 6.20 Å². The van der Waals surface area contributed by atoms with Gasteiger partial charge in [-0.15, -0.1) is 0 Å². The van der Waals surface area contributed by atoms with Gasteiger partial charge in [-0.05, 0) is 18.1 Å². The van der Waals surface area contributed by atoms with Gasteiger partial charge in [0.2, 0.25) is 0 Å². The number of rotatable bonds is 5. The zero-order valence-electron chi connectivity index (χ0n) is 11.6. The fraction of sp³-hybridized carbons (Fsp3) is 0.250. The third-order valence-corrected chi connectivity index (χ3v) is 3.83. The van der Waals surface area contributed by atoms with E-state index in [0.717, 1.165) is 18.4 Å². The van der Waals surface area contributed by atoms with Crippen LogP contribution in [0.25, 0.3) is 0 Å². The van der Waals surface area contributed by atoms with E-state index in [0.29, 0.717) is 5.56 Å². The van der Waals surface area contributed by atoms with Crippen molar-refractivity contribution in [3.05, 3.63) is 63.9 Å². The van der Waals surface area contributed by atoms with Gasteiger partial charge in [0.25, 0.3) is 5.91 Å². The van der Waals surface area contributed by atoms with Crippen LogP contribution in [0.1, 0.15) is 41.7 Å². The molecule has 1 aromatic heterocycles. The van der Waals surface area contributed by atoms with Crippen molar-refractivity contribution in [3.63, 3.8) is 0 Å². The number of amides is 1. The normalized spacial score (nSPS) is 12.0. The van der Waals surface area contributed by atoms with Crippen LogP contribution >= 0.6 is 23.2 Å². The molecule has 3 nitrogen and oxygen atoms in total. The summed E-state index contributed by atoms with van der Waals surface area (Å²) < 4.78 is 0. The lowest BCUT2D eigenvalue weighted by molar-refractivity contribution is 0.0934. The summed E-state index contributed by atoms with van der Waals surface area (Å²) in [6, 6.07) is 11.4. The minimum atomic E-state index is -0.205. The fourth-order valence-corrected chi connectivity index (χ4v) is 2.35. The Morgan fingerprint density at radius 2 is 2.00 bits per heavy atom. The van der Waals surface area contributed by atoms with Crippen molar-refractivity contribution in [2.24, 2.45) is 0 Å². The van der Waals surface area contributed by atoms with Gasteiger partial charge in [-0.1, -0.05) is 66.9 Å². The van der Waals surface area contributed by atoms with Crippen molar-refractivity contribution < 1.29 is 4.79 Å². The predicted molar refractivity (Wildman–Crippen MR) is 85.8 cm³/mol. The van der Waals surface area contributed by atoms with Gasteiger partial charge in [0.1, 0.15) is 5.15 Å². The zero-order chi connectivity index (χ0) is 15.2. The molecule has 1 N–H and O–H groups in total. The molecular weight excluding hydrogens is 307 g/mol. The second-order valence-electron chi connectivity index (χ2n) is 4.72. The first-order chi connectivity index (χ1) is 10.1. The lowest BCUT2D eigenvalue weighted by atomic mass is 10.0. The van der Waals surface area contributed by atoms with E-state index < -0.39 is 0 Å². The second-order valence-corrected chi connectivity index (χ2v) is 5.49. The Hall–Kier alpha value is -1.58. The van der Waals surface area contributed by atoms with Gasteiger partial charge in [-0.2, -0.15) is 0 Å². The molecule has 0 saturated heterocycles. The fourth-order valence-electron chi connectivity index (χ4n) is 2.08. The number of benzene rings is 1. The van der Waals surface area contributed by atoms with E-state index in [4.69, 9.17) is 23.2 Å². The summed E-state index contributed by atoms with van der Waals surface area (Å²) in [7, 11) is 0. The van der Waals surface area contributed by atoms with Crippen molar-refractivity contribution >= 4 is 29.1 Å². The minimum absolute atomic E-state index is 0.0295. The maximum Gasteiger partial charge on any atom is 0.253 e. The highest BCUT2D eigenvalue weighted by molar-refractivity contribution is 6.41. The Bertz CT molecular complexity index is 617. The zero-order valence-corrected chi connectivity index (χ0v) is 13.2. The SMILES string of the molecule is CCCC(NC(=O)c1cnc(Cl)c(Cl)c1)c1ccccc1. The number of aromatic nitrogens is 1. The first-order valence-corrected chi connectivity index (χ1v) is 7.54. The number of carbonyl (C=O) groups is 1. The molecule has 1 unspecified atom stereocenters. The van der Waals surface area contributed by atoms with Crippen LogP contribution in [0.2, 0.25) is 10.2 Å². The molecule has 2 rings (SSSR count).